The number of piperidine rings is 1. The molecular formula is C16H26N4O2. The van der Waals surface area contributed by atoms with Crippen LogP contribution < -0.4 is 5.32 Å². The lowest BCUT2D eigenvalue weighted by Crippen LogP contribution is -2.51. The number of carbonyl (C=O) groups is 1. The molecule has 0 spiro atoms. The molecule has 2 saturated heterocycles. The van der Waals surface area contributed by atoms with Gasteiger partial charge >= 0.3 is 0 Å². The van der Waals surface area contributed by atoms with Crippen molar-refractivity contribution in [2.24, 2.45) is 5.92 Å². The van der Waals surface area contributed by atoms with Gasteiger partial charge < -0.3 is 14.7 Å². The summed E-state index contributed by atoms with van der Waals surface area (Å²) in [5.41, 5.74) is 0. The lowest BCUT2D eigenvalue weighted by atomic mass is 9.89. The molecule has 0 aromatic carbocycles. The molecule has 3 rings (SSSR count). The van der Waals surface area contributed by atoms with Gasteiger partial charge in [-0.3, -0.25) is 4.79 Å². The summed E-state index contributed by atoms with van der Waals surface area (Å²) in [6.45, 7) is 4.98. The first-order valence-corrected chi connectivity index (χ1v) is 8.59. The monoisotopic (exact) mass is 306 g/mol. The molecule has 2 aliphatic rings. The Morgan fingerprint density at radius 2 is 2.32 bits per heavy atom. The van der Waals surface area contributed by atoms with Crippen molar-refractivity contribution in [3.05, 3.63) is 11.7 Å². The first-order valence-electron chi connectivity index (χ1n) is 8.59. The molecule has 1 amide bonds. The van der Waals surface area contributed by atoms with Gasteiger partial charge in [-0.05, 0) is 38.3 Å². The third-order valence-electron chi connectivity index (χ3n) is 4.89. The lowest BCUT2D eigenvalue weighted by Gasteiger charge is -2.38. The van der Waals surface area contributed by atoms with Crippen LogP contribution in [0, 0.1) is 5.92 Å². The van der Waals surface area contributed by atoms with Gasteiger partial charge in [0.25, 0.3) is 0 Å². The third-order valence-corrected chi connectivity index (χ3v) is 4.89. The predicted octanol–water partition coefficient (Wildman–Crippen LogP) is 1.56. The van der Waals surface area contributed by atoms with Crippen LogP contribution in [0.5, 0.6) is 0 Å². The van der Waals surface area contributed by atoms with Gasteiger partial charge in [0.15, 0.2) is 5.82 Å². The number of carbonyl (C=O) groups excluding carboxylic acids is 1. The van der Waals surface area contributed by atoms with Gasteiger partial charge in [0.2, 0.25) is 11.8 Å². The highest BCUT2D eigenvalue weighted by molar-refractivity contribution is 5.76. The van der Waals surface area contributed by atoms with E-state index in [9.17, 15) is 4.79 Å². The summed E-state index contributed by atoms with van der Waals surface area (Å²) in [4.78, 5) is 19.1. The molecule has 0 unspecified atom stereocenters. The number of nitrogens with one attached hydrogen (secondary N) is 1. The molecule has 2 fully saturated rings. The summed E-state index contributed by atoms with van der Waals surface area (Å²) in [6.07, 6.45) is 6.47. The van der Waals surface area contributed by atoms with E-state index >= 15 is 0 Å². The molecule has 2 aliphatic heterocycles. The van der Waals surface area contributed by atoms with Crippen molar-refractivity contribution in [2.75, 3.05) is 19.6 Å². The number of aryl methyl sites for hydroxylation is 2. The van der Waals surface area contributed by atoms with Crippen molar-refractivity contribution in [1.29, 1.82) is 0 Å². The minimum Gasteiger partial charge on any atom is -0.339 e. The van der Waals surface area contributed by atoms with Crippen LogP contribution >= 0.6 is 0 Å². The summed E-state index contributed by atoms with van der Waals surface area (Å²) in [6, 6.07) is 0.421. The quantitative estimate of drug-likeness (QED) is 0.914. The van der Waals surface area contributed by atoms with E-state index in [1.165, 1.54) is 12.8 Å². The zero-order valence-electron chi connectivity index (χ0n) is 13.4. The highest BCUT2D eigenvalue weighted by Gasteiger charge is 2.34. The van der Waals surface area contributed by atoms with E-state index < -0.39 is 0 Å². The topological polar surface area (TPSA) is 71.3 Å². The van der Waals surface area contributed by atoms with Crippen LogP contribution in [0.25, 0.3) is 0 Å². The summed E-state index contributed by atoms with van der Waals surface area (Å²) < 4.78 is 5.18. The molecular weight excluding hydrogens is 280 g/mol. The van der Waals surface area contributed by atoms with E-state index in [4.69, 9.17) is 4.52 Å². The van der Waals surface area contributed by atoms with E-state index in [2.05, 4.69) is 20.4 Å². The molecule has 22 heavy (non-hydrogen) atoms. The van der Waals surface area contributed by atoms with Gasteiger partial charge in [-0.25, -0.2) is 0 Å². The Morgan fingerprint density at radius 1 is 1.41 bits per heavy atom. The number of hydrogen-bond acceptors (Lipinski definition) is 5. The average molecular weight is 306 g/mol. The third kappa shape index (κ3) is 3.48. The number of hydrogen-bond donors (Lipinski definition) is 1. The van der Waals surface area contributed by atoms with E-state index in [-0.39, 0.29) is 5.91 Å². The standard InChI is InChI=1S/C16H26N4O2/c1-2-14-18-15(22-19-14)6-7-16(21)20-10-4-3-5-12-11-17-9-8-13(12)20/h12-13,17H,2-11H2,1H3/t12-,13+/m0/s1. The Hall–Kier alpha value is -1.43. The zero-order chi connectivity index (χ0) is 15.4. The van der Waals surface area contributed by atoms with Crippen LogP contribution in [0.1, 0.15) is 50.7 Å². The fourth-order valence-corrected chi connectivity index (χ4v) is 3.67. The summed E-state index contributed by atoms with van der Waals surface area (Å²) in [5, 5.41) is 7.35. The molecule has 0 bridgehead atoms. The molecule has 1 aromatic heterocycles. The fourth-order valence-electron chi connectivity index (χ4n) is 3.67. The normalized spacial score (nSPS) is 25.6. The minimum atomic E-state index is 0.245. The second kappa shape index (κ2) is 7.22. The molecule has 1 aromatic rings. The molecule has 0 aliphatic carbocycles. The maximum Gasteiger partial charge on any atom is 0.227 e. The Morgan fingerprint density at radius 3 is 3.14 bits per heavy atom. The van der Waals surface area contributed by atoms with Crippen LogP contribution in [0.4, 0.5) is 0 Å². The Balaban J connectivity index is 1.59. The largest absolute Gasteiger partial charge is 0.339 e. The summed E-state index contributed by atoms with van der Waals surface area (Å²) in [7, 11) is 0. The summed E-state index contributed by atoms with van der Waals surface area (Å²) >= 11 is 0. The highest BCUT2D eigenvalue weighted by Crippen LogP contribution is 2.27. The van der Waals surface area contributed by atoms with Gasteiger partial charge in [0, 0.05) is 31.8 Å². The van der Waals surface area contributed by atoms with Gasteiger partial charge in [0.05, 0.1) is 0 Å². The van der Waals surface area contributed by atoms with E-state index in [0.717, 1.165) is 44.7 Å². The van der Waals surface area contributed by atoms with Crippen molar-refractivity contribution >= 4 is 5.91 Å². The summed E-state index contributed by atoms with van der Waals surface area (Å²) in [5.74, 6) is 2.17. The Labute approximate surface area is 131 Å². The van der Waals surface area contributed by atoms with Crippen LogP contribution in [0.15, 0.2) is 4.52 Å². The smallest absolute Gasteiger partial charge is 0.227 e. The zero-order valence-corrected chi connectivity index (χ0v) is 13.4. The molecule has 0 radical (unpaired) electrons. The first-order chi connectivity index (χ1) is 10.8. The van der Waals surface area contributed by atoms with Gasteiger partial charge in [-0.15, -0.1) is 0 Å². The van der Waals surface area contributed by atoms with Crippen molar-refractivity contribution in [3.63, 3.8) is 0 Å². The van der Waals surface area contributed by atoms with Crippen molar-refractivity contribution in [1.82, 2.24) is 20.4 Å². The molecule has 2 atom stereocenters. The molecule has 122 valence electrons. The molecule has 0 saturated carbocycles. The first kappa shape index (κ1) is 15.5. The highest BCUT2D eigenvalue weighted by atomic mass is 16.5. The minimum absolute atomic E-state index is 0.245. The second-order valence-electron chi connectivity index (χ2n) is 6.36. The van der Waals surface area contributed by atoms with Gasteiger partial charge in [0.1, 0.15) is 0 Å². The maximum atomic E-state index is 12.7. The van der Waals surface area contributed by atoms with Crippen LogP contribution in [-0.4, -0.2) is 46.6 Å². The number of fused-ring (bicyclic) bond motifs is 1. The van der Waals surface area contributed by atoms with Crippen LogP contribution in [0.3, 0.4) is 0 Å². The predicted molar refractivity (Wildman–Crippen MR) is 82.3 cm³/mol. The van der Waals surface area contributed by atoms with Crippen molar-refractivity contribution in [3.8, 4) is 0 Å². The van der Waals surface area contributed by atoms with E-state index in [1.54, 1.807) is 0 Å². The molecule has 3 heterocycles. The van der Waals surface area contributed by atoms with Crippen LogP contribution in [-0.2, 0) is 17.6 Å². The Bertz CT molecular complexity index is 502. The number of rotatable bonds is 4. The number of aromatic nitrogens is 2. The maximum absolute atomic E-state index is 12.7. The van der Waals surface area contributed by atoms with Crippen LogP contribution in [0.2, 0.25) is 0 Å². The molecule has 6 nitrogen and oxygen atoms in total. The number of nitrogens with zero attached hydrogens (tertiary/aromatic N) is 3. The lowest BCUT2D eigenvalue weighted by molar-refractivity contribution is -0.135. The molecule has 6 heteroatoms. The number of likely N-dealkylation sites (tertiary alicyclic amines) is 1. The number of amides is 1. The van der Waals surface area contributed by atoms with E-state index in [1.807, 2.05) is 6.92 Å². The van der Waals surface area contributed by atoms with E-state index in [0.29, 0.717) is 30.7 Å². The SMILES string of the molecule is CCc1noc(CCC(=O)N2CCCC[C@H]3CNCC[C@H]32)n1. The Kier molecular flexibility index (Phi) is 5.08. The second-order valence-corrected chi connectivity index (χ2v) is 6.36. The molecule has 1 N–H and O–H groups in total. The van der Waals surface area contributed by atoms with Gasteiger partial charge in [-0.2, -0.15) is 4.98 Å². The fraction of sp³-hybridized carbons (Fsp3) is 0.812. The average Bonchev–Trinajstić information content (AvgIpc) is 2.91. The van der Waals surface area contributed by atoms with Gasteiger partial charge in [-0.1, -0.05) is 18.5 Å². The van der Waals surface area contributed by atoms with Crippen molar-refractivity contribution < 1.29 is 9.32 Å². The van der Waals surface area contributed by atoms with Crippen molar-refractivity contribution in [2.45, 2.75) is 57.9 Å².